The van der Waals surface area contributed by atoms with Gasteiger partial charge in [-0.15, -0.1) is 0 Å². The lowest BCUT2D eigenvalue weighted by Gasteiger charge is -2.09. The average molecular weight is 391 g/mol. The lowest BCUT2D eigenvalue weighted by atomic mass is 10.2. The van der Waals surface area contributed by atoms with Crippen LogP contribution in [0.2, 0.25) is 5.02 Å². The third-order valence-electron chi connectivity index (χ3n) is 2.91. The van der Waals surface area contributed by atoms with Crippen LogP contribution >= 0.6 is 11.6 Å². The van der Waals surface area contributed by atoms with Gasteiger partial charge in [0.25, 0.3) is 10.0 Å². The fourth-order valence-electron chi connectivity index (χ4n) is 1.76. The minimum absolute atomic E-state index is 0.0780. The Bertz CT molecular complexity index is 1000. The average Bonchev–Trinajstić information content (AvgIpc) is 2.46. The first-order valence-electron chi connectivity index (χ1n) is 6.19. The van der Waals surface area contributed by atoms with Crippen molar-refractivity contribution in [1.82, 2.24) is 0 Å². The maximum atomic E-state index is 12.3. The van der Waals surface area contributed by atoms with E-state index >= 15 is 0 Å². The molecule has 128 valence electrons. The summed E-state index contributed by atoms with van der Waals surface area (Å²) in [5.41, 5.74) is -0.279. The molecule has 2 rings (SSSR count). The van der Waals surface area contributed by atoms with E-state index in [1.807, 2.05) is 0 Å². The van der Waals surface area contributed by atoms with E-state index in [9.17, 15) is 21.6 Å². The smallest absolute Gasteiger partial charge is 0.337 e. The van der Waals surface area contributed by atoms with E-state index in [1.54, 1.807) is 0 Å². The molecule has 8 nitrogen and oxygen atoms in total. The van der Waals surface area contributed by atoms with Gasteiger partial charge in [-0.2, -0.15) is 0 Å². The van der Waals surface area contributed by atoms with Crippen LogP contribution < -0.4 is 9.86 Å². The number of aromatic carboxylic acids is 1. The molecule has 24 heavy (non-hydrogen) atoms. The molecule has 0 spiro atoms. The van der Waals surface area contributed by atoms with Gasteiger partial charge in [0, 0.05) is 5.69 Å². The molecular weight excluding hydrogens is 380 g/mol. The molecule has 0 amide bonds. The predicted molar refractivity (Wildman–Crippen MR) is 87.0 cm³/mol. The number of sulfonamides is 2. The Hall–Kier alpha value is -2.14. The molecule has 4 N–H and O–H groups in total. The zero-order valence-corrected chi connectivity index (χ0v) is 14.2. The van der Waals surface area contributed by atoms with Gasteiger partial charge in [-0.05, 0) is 42.5 Å². The van der Waals surface area contributed by atoms with Gasteiger partial charge in [-0.3, -0.25) is 4.72 Å². The summed E-state index contributed by atoms with van der Waals surface area (Å²) in [6, 6.07) is 7.93. The van der Waals surface area contributed by atoms with E-state index in [0.717, 1.165) is 30.3 Å². The van der Waals surface area contributed by atoms with Crippen LogP contribution in [0, 0.1) is 0 Å². The van der Waals surface area contributed by atoms with Crippen LogP contribution in [0.4, 0.5) is 5.69 Å². The fraction of sp³-hybridized carbons (Fsp3) is 0. The van der Waals surface area contributed by atoms with Crippen LogP contribution in [0.25, 0.3) is 0 Å². The largest absolute Gasteiger partial charge is 0.478 e. The lowest BCUT2D eigenvalue weighted by Crippen LogP contribution is -2.15. The van der Waals surface area contributed by atoms with E-state index in [4.69, 9.17) is 21.8 Å². The highest BCUT2D eigenvalue weighted by Crippen LogP contribution is 2.23. The van der Waals surface area contributed by atoms with E-state index in [-0.39, 0.29) is 26.1 Å². The first-order chi connectivity index (χ1) is 11.0. The van der Waals surface area contributed by atoms with Gasteiger partial charge in [0.15, 0.2) is 0 Å². The van der Waals surface area contributed by atoms with Gasteiger partial charge in [0.05, 0.1) is 20.4 Å². The number of carboxylic acids is 1. The van der Waals surface area contributed by atoms with Gasteiger partial charge < -0.3 is 5.11 Å². The number of hydrogen-bond acceptors (Lipinski definition) is 5. The number of halogens is 1. The minimum Gasteiger partial charge on any atom is -0.478 e. The maximum Gasteiger partial charge on any atom is 0.337 e. The zero-order chi connectivity index (χ0) is 18.1. The number of hydrogen-bond donors (Lipinski definition) is 3. The molecule has 0 aliphatic carbocycles. The van der Waals surface area contributed by atoms with Crippen molar-refractivity contribution in [2.45, 2.75) is 9.79 Å². The number of anilines is 1. The second-order valence-electron chi connectivity index (χ2n) is 4.62. The second-order valence-corrected chi connectivity index (χ2v) is 8.27. The highest BCUT2D eigenvalue weighted by molar-refractivity contribution is 7.92. The molecule has 0 atom stereocenters. The molecule has 0 aliphatic heterocycles. The molecule has 2 aromatic carbocycles. The Morgan fingerprint density at radius 1 is 1.00 bits per heavy atom. The first kappa shape index (κ1) is 18.2. The molecule has 0 aromatic heterocycles. The highest BCUT2D eigenvalue weighted by Gasteiger charge is 2.19. The normalized spacial score (nSPS) is 11.9. The van der Waals surface area contributed by atoms with Crippen LogP contribution in [0.1, 0.15) is 10.4 Å². The van der Waals surface area contributed by atoms with Gasteiger partial charge in [-0.25, -0.2) is 26.8 Å². The summed E-state index contributed by atoms with van der Waals surface area (Å²) >= 11 is 5.70. The Morgan fingerprint density at radius 3 is 2.04 bits per heavy atom. The molecule has 0 heterocycles. The number of carbonyl (C=O) groups is 1. The molecule has 11 heteroatoms. The van der Waals surface area contributed by atoms with Crippen LogP contribution in [0.5, 0.6) is 0 Å². The topological polar surface area (TPSA) is 144 Å². The van der Waals surface area contributed by atoms with Crippen molar-refractivity contribution < 1.29 is 26.7 Å². The quantitative estimate of drug-likeness (QED) is 0.705. The monoisotopic (exact) mass is 390 g/mol. The van der Waals surface area contributed by atoms with Gasteiger partial charge in [0.2, 0.25) is 10.0 Å². The highest BCUT2D eigenvalue weighted by atomic mass is 35.5. The summed E-state index contributed by atoms with van der Waals surface area (Å²) in [5.74, 6) is -1.37. The molecule has 0 bridgehead atoms. The van der Waals surface area contributed by atoms with E-state index < -0.39 is 26.0 Å². The van der Waals surface area contributed by atoms with Gasteiger partial charge >= 0.3 is 5.97 Å². The number of nitrogens with one attached hydrogen (secondary N) is 1. The van der Waals surface area contributed by atoms with Crippen molar-refractivity contribution in [3.63, 3.8) is 0 Å². The summed E-state index contributed by atoms with van der Waals surface area (Å²) in [7, 11) is -7.98. The van der Waals surface area contributed by atoms with Crippen molar-refractivity contribution in [3.05, 3.63) is 53.1 Å². The summed E-state index contributed by atoms with van der Waals surface area (Å²) < 4.78 is 49.1. The number of carboxylic acid groups (broad SMARTS) is 1. The molecule has 0 radical (unpaired) electrons. The summed E-state index contributed by atoms with van der Waals surface area (Å²) in [4.78, 5) is 10.5. The standard InChI is InChI=1S/C13H11ClN2O6S2/c14-12-6-5-10(7-11(12)13(17)18)24(21,22)16-8-1-3-9(4-2-8)23(15,19)20/h1-7,16H,(H,17,18)(H2,15,19,20). The zero-order valence-electron chi connectivity index (χ0n) is 11.8. The first-order valence-corrected chi connectivity index (χ1v) is 9.60. The van der Waals surface area contributed by atoms with Crippen LogP contribution in [0.15, 0.2) is 52.3 Å². The molecule has 0 unspecified atom stereocenters. The van der Waals surface area contributed by atoms with E-state index in [2.05, 4.69) is 4.72 Å². The SMILES string of the molecule is NS(=O)(=O)c1ccc(NS(=O)(=O)c2ccc(Cl)c(C(=O)O)c2)cc1. The summed E-state index contributed by atoms with van der Waals surface area (Å²) in [5, 5.41) is 13.8. The minimum atomic E-state index is -4.09. The number of primary sulfonamides is 1. The van der Waals surface area contributed by atoms with Gasteiger partial charge in [-0.1, -0.05) is 11.6 Å². The molecule has 0 saturated heterocycles. The van der Waals surface area contributed by atoms with E-state index in [1.165, 1.54) is 12.1 Å². The van der Waals surface area contributed by atoms with Crippen LogP contribution in [-0.4, -0.2) is 27.9 Å². The molecular formula is C13H11ClN2O6S2. The Kier molecular flexibility index (Phi) is 4.85. The second kappa shape index (κ2) is 6.40. The predicted octanol–water partition coefficient (Wildman–Crippen LogP) is 1.49. The van der Waals surface area contributed by atoms with Crippen molar-refractivity contribution in [3.8, 4) is 0 Å². The summed E-state index contributed by atoms with van der Waals surface area (Å²) in [6.45, 7) is 0. The molecule has 0 aliphatic rings. The third-order valence-corrected chi connectivity index (χ3v) is 5.55. The van der Waals surface area contributed by atoms with Crippen molar-refractivity contribution in [1.29, 1.82) is 0 Å². The Morgan fingerprint density at radius 2 is 1.54 bits per heavy atom. The fourth-order valence-corrected chi connectivity index (χ4v) is 3.56. The van der Waals surface area contributed by atoms with E-state index in [0.29, 0.717) is 0 Å². The number of benzene rings is 2. The Balaban J connectivity index is 2.35. The van der Waals surface area contributed by atoms with Crippen molar-refractivity contribution >= 4 is 43.3 Å². The lowest BCUT2D eigenvalue weighted by molar-refractivity contribution is 0.0697. The molecule has 2 aromatic rings. The number of nitrogens with two attached hydrogens (primary N) is 1. The molecule has 0 saturated carbocycles. The van der Waals surface area contributed by atoms with Crippen molar-refractivity contribution in [2.75, 3.05) is 4.72 Å². The molecule has 0 fully saturated rings. The Labute approximate surface area is 143 Å². The number of rotatable bonds is 5. The van der Waals surface area contributed by atoms with Gasteiger partial charge in [0.1, 0.15) is 0 Å². The van der Waals surface area contributed by atoms with Crippen LogP contribution in [-0.2, 0) is 20.0 Å². The maximum absolute atomic E-state index is 12.3. The van der Waals surface area contributed by atoms with Crippen LogP contribution in [0.3, 0.4) is 0 Å². The van der Waals surface area contributed by atoms with Crippen molar-refractivity contribution in [2.24, 2.45) is 5.14 Å². The summed E-state index contributed by atoms with van der Waals surface area (Å²) in [6.07, 6.45) is 0. The third kappa shape index (κ3) is 4.03.